The molecule has 0 spiro atoms. The summed E-state index contributed by atoms with van der Waals surface area (Å²) in [5, 5.41) is 3.62. The quantitative estimate of drug-likeness (QED) is 0.822. The zero-order valence-electron chi connectivity index (χ0n) is 12.7. The molecular formula is C15H29NO2. The van der Waals surface area contributed by atoms with Gasteiger partial charge < -0.3 is 14.8 Å². The summed E-state index contributed by atoms with van der Waals surface area (Å²) in [7, 11) is 0. The van der Waals surface area contributed by atoms with Crippen molar-refractivity contribution in [2.24, 2.45) is 11.3 Å². The minimum Gasteiger partial charge on any atom is -0.373 e. The lowest BCUT2D eigenvalue weighted by Gasteiger charge is -2.28. The maximum atomic E-state index is 6.01. The van der Waals surface area contributed by atoms with Crippen LogP contribution in [0, 0.1) is 11.3 Å². The standard InChI is InChI=1S/C15H29NO2/c1-14(2,3)7-10-8-17-13-11(9-18-12(10)13)16-15(4,5)6/h10-13,16H,7-9H2,1-6H3/t10-,11-,12-,13-/m1/s1. The van der Waals surface area contributed by atoms with Crippen molar-refractivity contribution in [3.05, 3.63) is 0 Å². The molecule has 18 heavy (non-hydrogen) atoms. The van der Waals surface area contributed by atoms with Gasteiger partial charge in [0.2, 0.25) is 0 Å². The van der Waals surface area contributed by atoms with E-state index in [4.69, 9.17) is 9.47 Å². The van der Waals surface area contributed by atoms with Crippen LogP contribution in [0.5, 0.6) is 0 Å². The summed E-state index contributed by atoms with van der Waals surface area (Å²) in [5.41, 5.74) is 0.468. The maximum absolute atomic E-state index is 6.01. The summed E-state index contributed by atoms with van der Waals surface area (Å²) in [6, 6.07) is 0.347. The van der Waals surface area contributed by atoms with Gasteiger partial charge in [-0.15, -0.1) is 0 Å². The van der Waals surface area contributed by atoms with Crippen molar-refractivity contribution in [1.82, 2.24) is 5.32 Å². The molecule has 2 aliphatic heterocycles. The summed E-state index contributed by atoms with van der Waals surface area (Å²) >= 11 is 0. The predicted molar refractivity (Wildman–Crippen MR) is 73.7 cm³/mol. The zero-order chi connectivity index (χ0) is 13.6. The van der Waals surface area contributed by atoms with Gasteiger partial charge in [-0.2, -0.15) is 0 Å². The number of rotatable bonds is 2. The Morgan fingerprint density at radius 1 is 0.944 bits per heavy atom. The van der Waals surface area contributed by atoms with Crippen molar-refractivity contribution in [3.63, 3.8) is 0 Å². The Bertz CT molecular complexity index is 260. The van der Waals surface area contributed by atoms with E-state index >= 15 is 0 Å². The van der Waals surface area contributed by atoms with Crippen LogP contribution in [0.3, 0.4) is 0 Å². The van der Waals surface area contributed by atoms with E-state index in [0.29, 0.717) is 23.5 Å². The highest BCUT2D eigenvalue weighted by atomic mass is 16.6. The van der Waals surface area contributed by atoms with Crippen LogP contribution in [-0.4, -0.2) is 37.0 Å². The molecule has 2 rings (SSSR count). The fraction of sp³-hybridized carbons (Fsp3) is 1.00. The molecule has 2 aliphatic rings. The minimum absolute atomic E-state index is 0.119. The Labute approximate surface area is 112 Å². The van der Waals surface area contributed by atoms with E-state index < -0.39 is 0 Å². The second kappa shape index (κ2) is 4.77. The highest BCUT2D eigenvalue weighted by Crippen LogP contribution is 2.38. The Morgan fingerprint density at radius 3 is 2.11 bits per heavy atom. The first-order valence-electron chi connectivity index (χ1n) is 7.17. The first kappa shape index (κ1) is 14.3. The summed E-state index contributed by atoms with van der Waals surface area (Å²) in [4.78, 5) is 0. The Balaban J connectivity index is 1.95. The third-order valence-corrected chi connectivity index (χ3v) is 3.65. The molecule has 2 heterocycles. The molecule has 3 nitrogen and oxygen atoms in total. The molecule has 0 aliphatic carbocycles. The number of fused-ring (bicyclic) bond motifs is 1. The molecule has 4 atom stereocenters. The number of hydrogen-bond donors (Lipinski definition) is 1. The lowest BCUT2D eigenvalue weighted by Crippen LogP contribution is -2.49. The molecule has 0 saturated carbocycles. The van der Waals surface area contributed by atoms with Gasteiger partial charge in [0.05, 0.1) is 25.4 Å². The molecule has 0 amide bonds. The molecule has 0 unspecified atom stereocenters. The van der Waals surface area contributed by atoms with Gasteiger partial charge in [-0.05, 0) is 32.6 Å². The average molecular weight is 255 g/mol. The van der Waals surface area contributed by atoms with Crippen LogP contribution >= 0.6 is 0 Å². The Morgan fingerprint density at radius 2 is 1.56 bits per heavy atom. The van der Waals surface area contributed by atoms with Crippen LogP contribution in [0.1, 0.15) is 48.0 Å². The van der Waals surface area contributed by atoms with Crippen LogP contribution in [0.4, 0.5) is 0 Å². The number of hydrogen-bond acceptors (Lipinski definition) is 3. The molecular weight excluding hydrogens is 226 g/mol. The average Bonchev–Trinajstić information content (AvgIpc) is 2.66. The van der Waals surface area contributed by atoms with Gasteiger partial charge >= 0.3 is 0 Å². The van der Waals surface area contributed by atoms with Crippen LogP contribution in [0.2, 0.25) is 0 Å². The smallest absolute Gasteiger partial charge is 0.102 e. The van der Waals surface area contributed by atoms with Crippen LogP contribution in [0.25, 0.3) is 0 Å². The Hall–Kier alpha value is -0.120. The largest absolute Gasteiger partial charge is 0.373 e. The first-order valence-corrected chi connectivity index (χ1v) is 7.17. The molecule has 0 aromatic carbocycles. The molecule has 2 saturated heterocycles. The Kier molecular flexibility index (Phi) is 3.79. The molecule has 0 radical (unpaired) electrons. The number of nitrogens with one attached hydrogen (secondary N) is 1. The fourth-order valence-electron chi connectivity index (χ4n) is 3.22. The van der Waals surface area contributed by atoms with E-state index in [9.17, 15) is 0 Å². The maximum Gasteiger partial charge on any atom is 0.102 e. The predicted octanol–water partition coefficient (Wildman–Crippen LogP) is 2.59. The molecule has 0 aromatic heterocycles. The van der Waals surface area contributed by atoms with Crippen LogP contribution in [0.15, 0.2) is 0 Å². The van der Waals surface area contributed by atoms with Gasteiger partial charge in [-0.1, -0.05) is 20.8 Å². The van der Waals surface area contributed by atoms with Crippen LogP contribution in [-0.2, 0) is 9.47 Å². The van der Waals surface area contributed by atoms with E-state index in [-0.39, 0.29) is 11.6 Å². The van der Waals surface area contributed by atoms with Gasteiger partial charge in [-0.25, -0.2) is 0 Å². The number of ether oxygens (including phenoxy) is 2. The zero-order valence-corrected chi connectivity index (χ0v) is 12.7. The van der Waals surface area contributed by atoms with E-state index in [1.165, 1.54) is 6.42 Å². The van der Waals surface area contributed by atoms with Crippen molar-refractivity contribution in [1.29, 1.82) is 0 Å². The van der Waals surface area contributed by atoms with Crippen molar-refractivity contribution in [3.8, 4) is 0 Å². The molecule has 0 aromatic rings. The van der Waals surface area contributed by atoms with Gasteiger partial charge in [0.25, 0.3) is 0 Å². The summed E-state index contributed by atoms with van der Waals surface area (Å²) in [5.74, 6) is 0.557. The lowest BCUT2D eigenvalue weighted by atomic mass is 9.82. The van der Waals surface area contributed by atoms with Gasteiger partial charge in [0, 0.05) is 11.5 Å². The van der Waals surface area contributed by atoms with E-state index in [0.717, 1.165) is 13.2 Å². The second-order valence-corrected chi connectivity index (χ2v) is 8.12. The first-order chi connectivity index (χ1) is 8.16. The SMILES string of the molecule is CC(C)(C)C[C@@H]1CO[C@H]2[C@@H]1OC[C@H]2NC(C)(C)C. The summed E-state index contributed by atoms with van der Waals surface area (Å²) in [6.45, 7) is 15.1. The van der Waals surface area contributed by atoms with Crippen LogP contribution < -0.4 is 5.32 Å². The van der Waals surface area contributed by atoms with E-state index in [1.807, 2.05) is 0 Å². The summed E-state index contributed by atoms with van der Waals surface area (Å²) in [6.07, 6.45) is 1.72. The highest BCUT2D eigenvalue weighted by Gasteiger charge is 2.48. The van der Waals surface area contributed by atoms with E-state index in [2.05, 4.69) is 46.9 Å². The summed E-state index contributed by atoms with van der Waals surface area (Å²) < 4.78 is 12.0. The minimum atomic E-state index is 0.119. The molecule has 3 heteroatoms. The topological polar surface area (TPSA) is 30.5 Å². The van der Waals surface area contributed by atoms with Gasteiger partial charge in [0.1, 0.15) is 6.10 Å². The van der Waals surface area contributed by atoms with Crippen molar-refractivity contribution >= 4 is 0 Å². The third-order valence-electron chi connectivity index (χ3n) is 3.65. The monoisotopic (exact) mass is 255 g/mol. The van der Waals surface area contributed by atoms with Crippen molar-refractivity contribution in [2.75, 3.05) is 13.2 Å². The molecule has 1 N–H and O–H groups in total. The van der Waals surface area contributed by atoms with Gasteiger partial charge in [-0.3, -0.25) is 0 Å². The second-order valence-electron chi connectivity index (χ2n) is 8.12. The lowest BCUT2D eigenvalue weighted by molar-refractivity contribution is 0.0554. The fourth-order valence-corrected chi connectivity index (χ4v) is 3.22. The highest BCUT2D eigenvalue weighted by molar-refractivity contribution is 4.99. The molecule has 106 valence electrons. The normalized spacial score (nSPS) is 37.0. The molecule has 0 bridgehead atoms. The van der Waals surface area contributed by atoms with Crippen molar-refractivity contribution < 1.29 is 9.47 Å². The molecule has 2 fully saturated rings. The van der Waals surface area contributed by atoms with Crippen molar-refractivity contribution in [2.45, 2.75) is 71.8 Å². The third kappa shape index (κ3) is 3.46. The van der Waals surface area contributed by atoms with Gasteiger partial charge in [0.15, 0.2) is 0 Å². The van der Waals surface area contributed by atoms with E-state index in [1.54, 1.807) is 0 Å².